The minimum Gasteiger partial charge on any atom is -0.453 e. The largest absolute Gasteiger partial charge is 0.453 e. The van der Waals surface area contributed by atoms with Crippen LogP contribution >= 0.6 is 0 Å². The molecule has 0 fully saturated rings. The van der Waals surface area contributed by atoms with E-state index in [1.165, 1.54) is 7.11 Å². The summed E-state index contributed by atoms with van der Waals surface area (Å²) in [5.41, 5.74) is 0. The van der Waals surface area contributed by atoms with Crippen LogP contribution in [0.4, 0.5) is 4.79 Å². The van der Waals surface area contributed by atoms with Crippen LogP contribution in [0.2, 0.25) is 0 Å². The molecule has 15 heavy (non-hydrogen) atoms. The molecule has 0 saturated heterocycles. The van der Waals surface area contributed by atoms with Crippen molar-refractivity contribution in [2.75, 3.05) is 7.11 Å². The standard InChI is InChI=1S/C11H21NO3/c1-6-8(4)9(10(13)7(2)3)12-11(14)15-5/h7-9H,6H2,1-5H3,(H,12,14)/t8-,9-/m0/s1. The third kappa shape index (κ3) is 4.32. The molecule has 2 atom stereocenters. The number of nitrogens with one attached hydrogen (secondary N) is 1. The number of methoxy groups -OCH3 is 1. The summed E-state index contributed by atoms with van der Waals surface area (Å²) >= 11 is 0. The molecule has 0 bridgehead atoms. The molecule has 0 unspecified atom stereocenters. The molecule has 0 aliphatic rings. The Hall–Kier alpha value is -1.06. The SMILES string of the molecule is CC[C@H](C)[C@H](NC(=O)OC)C(=O)C(C)C. The summed E-state index contributed by atoms with van der Waals surface area (Å²) in [6.07, 6.45) is 0.293. The lowest BCUT2D eigenvalue weighted by atomic mass is 9.90. The highest BCUT2D eigenvalue weighted by atomic mass is 16.5. The van der Waals surface area contributed by atoms with Crippen LogP contribution < -0.4 is 5.32 Å². The zero-order chi connectivity index (χ0) is 12.0. The Morgan fingerprint density at radius 3 is 2.13 bits per heavy atom. The smallest absolute Gasteiger partial charge is 0.407 e. The molecule has 0 aromatic rings. The molecule has 0 aromatic heterocycles. The van der Waals surface area contributed by atoms with Gasteiger partial charge >= 0.3 is 6.09 Å². The number of hydrogen-bond acceptors (Lipinski definition) is 3. The van der Waals surface area contributed by atoms with E-state index in [2.05, 4.69) is 10.1 Å². The van der Waals surface area contributed by atoms with Crippen LogP contribution in [0.3, 0.4) is 0 Å². The molecular formula is C11H21NO3. The Bertz CT molecular complexity index is 226. The Kier molecular flexibility index (Phi) is 5.97. The quantitative estimate of drug-likeness (QED) is 0.763. The minimum absolute atomic E-state index is 0.0507. The normalized spacial score (nSPS) is 14.5. The van der Waals surface area contributed by atoms with Gasteiger partial charge in [0.2, 0.25) is 0 Å². The maximum Gasteiger partial charge on any atom is 0.407 e. The lowest BCUT2D eigenvalue weighted by molar-refractivity contribution is -0.125. The van der Waals surface area contributed by atoms with Crippen molar-refractivity contribution in [1.82, 2.24) is 5.32 Å². The summed E-state index contributed by atoms with van der Waals surface area (Å²) in [4.78, 5) is 22.9. The van der Waals surface area contributed by atoms with Gasteiger partial charge in [-0.2, -0.15) is 0 Å². The zero-order valence-corrected chi connectivity index (χ0v) is 10.2. The van der Waals surface area contributed by atoms with Crippen molar-refractivity contribution in [2.45, 2.75) is 40.2 Å². The average Bonchev–Trinajstić information content (AvgIpc) is 2.23. The molecule has 4 nitrogen and oxygen atoms in total. The molecule has 0 spiro atoms. The van der Waals surface area contributed by atoms with Gasteiger partial charge in [0, 0.05) is 5.92 Å². The lowest BCUT2D eigenvalue weighted by Gasteiger charge is -2.23. The zero-order valence-electron chi connectivity index (χ0n) is 10.2. The fraction of sp³-hybridized carbons (Fsp3) is 0.818. The fourth-order valence-electron chi connectivity index (χ4n) is 1.27. The highest BCUT2D eigenvalue weighted by Gasteiger charge is 2.27. The van der Waals surface area contributed by atoms with Crippen LogP contribution in [0, 0.1) is 11.8 Å². The highest BCUT2D eigenvalue weighted by molar-refractivity contribution is 5.89. The number of Topliss-reactive ketones (excluding diaryl/α,β-unsaturated/α-hetero) is 1. The van der Waals surface area contributed by atoms with Crippen LogP contribution in [-0.4, -0.2) is 25.0 Å². The van der Waals surface area contributed by atoms with Crippen LogP contribution in [0.15, 0.2) is 0 Å². The highest BCUT2D eigenvalue weighted by Crippen LogP contribution is 2.13. The van der Waals surface area contributed by atoms with Crippen LogP contribution in [0.25, 0.3) is 0 Å². The first-order valence-corrected chi connectivity index (χ1v) is 5.32. The van der Waals surface area contributed by atoms with Crippen molar-refractivity contribution >= 4 is 11.9 Å². The van der Waals surface area contributed by atoms with Gasteiger partial charge in [-0.25, -0.2) is 4.79 Å². The summed E-state index contributed by atoms with van der Waals surface area (Å²) in [6, 6.07) is -0.442. The van der Waals surface area contributed by atoms with Gasteiger partial charge in [0.15, 0.2) is 5.78 Å². The second kappa shape index (κ2) is 6.43. The number of rotatable bonds is 5. The van der Waals surface area contributed by atoms with E-state index in [0.29, 0.717) is 0 Å². The molecule has 0 aromatic carbocycles. The van der Waals surface area contributed by atoms with Crippen molar-refractivity contribution < 1.29 is 14.3 Å². The van der Waals surface area contributed by atoms with Gasteiger partial charge in [-0.3, -0.25) is 4.79 Å². The Morgan fingerprint density at radius 1 is 1.27 bits per heavy atom. The third-order valence-corrected chi connectivity index (χ3v) is 2.55. The van der Waals surface area contributed by atoms with Crippen LogP contribution in [-0.2, 0) is 9.53 Å². The Labute approximate surface area is 91.4 Å². The summed E-state index contributed by atoms with van der Waals surface area (Å²) in [7, 11) is 1.29. The van der Waals surface area contributed by atoms with E-state index in [4.69, 9.17) is 0 Å². The summed E-state index contributed by atoms with van der Waals surface area (Å²) in [5.74, 6) is 0.0925. The molecule has 1 amide bonds. The molecule has 0 saturated carbocycles. The third-order valence-electron chi connectivity index (χ3n) is 2.55. The number of carbonyl (C=O) groups is 2. The van der Waals surface area contributed by atoms with Crippen molar-refractivity contribution in [3.63, 3.8) is 0 Å². The van der Waals surface area contributed by atoms with E-state index in [-0.39, 0.29) is 17.6 Å². The van der Waals surface area contributed by atoms with Gasteiger partial charge < -0.3 is 10.1 Å². The monoisotopic (exact) mass is 215 g/mol. The second-order valence-electron chi connectivity index (χ2n) is 4.06. The van der Waals surface area contributed by atoms with Crippen molar-refractivity contribution in [3.8, 4) is 0 Å². The van der Waals surface area contributed by atoms with E-state index in [1.807, 2.05) is 27.7 Å². The van der Waals surface area contributed by atoms with Gasteiger partial charge in [-0.1, -0.05) is 34.1 Å². The molecule has 1 N–H and O–H groups in total. The Morgan fingerprint density at radius 2 is 1.80 bits per heavy atom. The van der Waals surface area contributed by atoms with Crippen molar-refractivity contribution in [3.05, 3.63) is 0 Å². The van der Waals surface area contributed by atoms with Crippen LogP contribution in [0.1, 0.15) is 34.1 Å². The van der Waals surface area contributed by atoms with E-state index in [1.54, 1.807) is 0 Å². The van der Waals surface area contributed by atoms with Gasteiger partial charge in [-0.05, 0) is 5.92 Å². The van der Waals surface area contributed by atoms with E-state index < -0.39 is 12.1 Å². The number of hydrogen-bond donors (Lipinski definition) is 1. The molecule has 0 aliphatic carbocycles. The Balaban J connectivity index is 4.58. The molecular weight excluding hydrogens is 194 g/mol. The van der Waals surface area contributed by atoms with E-state index in [9.17, 15) is 9.59 Å². The molecule has 0 aliphatic heterocycles. The molecule has 88 valence electrons. The number of amides is 1. The van der Waals surface area contributed by atoms with E-state index >= 15 is 0 Å². The first-order valence-electron chi connectivity index (χ1n) is 5.32. The fourth-order valence-corrected chi connectivity index (χ4v) is 1.27. The summed E-state index contributed by atoms with van der Waals surface area (Å²) < 4.78 is 4.50. The van der Waals surface area contributed by atoms with Gasteiger partial charge in [-0.15, -0.1) is 0 Å². The number of carbonyl (C=O) groups excluding carboxylic acids is 2. The second-order valence-corrected chi connectivity index (χ2v) is 4.06. The van der Waals surface area contributed by atoms with Gasteiger partial charge in [0.1, 0.15) is 0 Å². The van der Waals surface area contributed by atoms with Crippen molar-refractivity contribution in [1.29, 1.82) is 0 Å². The van der Waals surface area contributed by atoms with E-state index in [0.717, 1.165) is 6.42 Å². The van der Waals surface area contributed by atoms with Gasteiger partial charge in [0.25, 0.3) is 0 Å². The van der Waals surface area contributed by atoms with Gasteiger partial charge in [0.05, 0.1) is 13.2 Å². The first kappa shape index (κ1) is 13.9. The maximum absolute atomic E-state index is 11.8. The average molecular weight is 215 g/mol. The first-order chi connectivity index (χ1) is 6.93. The molecule has 0 radical (unpaired) electrons. The maximum atomic E-state index is 11.8. The lowest BCUT2D eigenvalue weighted by Crippen LogP contribution is -2.46. The number of alkyl carbamates (subject to hydrolysis) is 1. The molecule has 0 heterocycles. The number of ether oxygens (including phenoxy) is 1. The predicted molar refractivity (Wildman–Crippen MR) is 58.6 cm³/mol. The summed E-state index contributed by atoms with van der Waals surface area (Å²) in [5, 5.41) is 2.59. The van der Waals surface area contributed by atoms with Crippen LogP contribution in [0.5, 0.6) is 0 Å². The number of ketones is 1. The summed E-state index contributed by atoms with van der Waals surface area (Å²) in [6.45, 7) is 7.60. The van der Waals surface area contributed by atoms with Crippen molar-refractivity contribution in [2.24, 2.45) is 11.8 Å². The predicted octanol–water partition coefficient (Wildman–Crippen LogP) is 1.98. The minimum atomic E-state index is -0.547. The molecule has 0 rings (SSSR count). The molecule has 4 heteroatoms. The topological polar surface area (TPSA) is 55.4 Å².